The lowest BCUT2D eigenvalue weighted by molar-refractivity contribution is -0.139. The minimum Gasteiger partial charge on any atom is -0.507 e. The highest BCUT2D eigenvalue weighted by Crippen LogP contribution is 2.42. The molecule has 170 valence electrons. The zero-order valence-electron chi connectivity index (χ0n) is 19.0. The summed E-state index contributed by atoms with van der Waals surface area (Å²) in [5.41, 5.74) is 1.27. The quantitative estimate of drug-likeness (QED) is 0.312. The monoisotopic (exact) mass is 445 g/mol. The second-order valence-electron chi connectivity index (χ2n) is 7.98. The molecular weight excluding hydrogens is 418 g/mol. The molecule has 1 aliphatic heterocycles. The van der Waals surface area contributed by atoms with E-state index in [1.54, 1.807) is 23.1 Å². The third-order valence-electron chi connectivity index (χ3n) is 6.07. The number of likely N-dealkylation sites (tertiary alicyclic amines) is 1. The highest BCUT2D eigenvalue weighted by molar-refractivity contribution is 6.46. The van der Waals surface area contributed by atoms with Crippen molar-refractivity contribution in [2.45, 2.75) is 25.8 Å². The lowest BCUT2D eigenvalue weighted by atomic mass is 9.91. The number of Topliss-reactive ketones (excluding diaryl/α,β-unsaturated/α-hetero) is 1. The molecule has 1 heterocycles. The van der Waals surface area contributed by atoms with Crippen molar-refractivity contribution in [2.24, 2.45) is 0 Å². The smallest absolute Gasteiger partial charge is 0.295 e. The Morgan fingerprint density at radius 1 is 0.970 bits per heavy atom. The van der Waals surface area contributed by atoms with Gasteiger partial charge in [0.2, 0.25) is 0 Å². The highest BCUT2D eigenvalue weighted by atomic mass is 16.5. The van der Waals surface area contributed by atoms with Gasteiger partial charge in [-0.15, -0.1) is 0 Å². The summed E-state index contributed by atoms with van der Waals surface area (Å²) >= 11 is 0. The fourth-order valence-electron chi connectivity index (χ4n) is 4.39. The Morgan fingerprint density at radius 3 is 2.42 bits per heavy atom. The maximum atomic E-state index is 13.2. The SMILES string of the molecule is CCCCN1C(=O)C(=O)/C(=C(\O)c2ccc(OC)c(OC)c2)C1c1cccc2ccccc12. The van der Waals surface area contributed by atoms with E-state index in [1.165, 1.54) is 14.2 Å². The van der Waals surface area contributed by atoms with Gasteiger partial charge in [-0.3, -0.25) is 9.59 Å². The van der Waals surface area contributed by atoms with E-state index in [4.69, 9.17) is 9.47 Å². The Hall–Kier alpha value is -3.80. The topological polar surface area (TPSA) is 76.1 Å². The maximum Gasteiger partial charge on any atom is 0.295 e. The second-order valence-corrected chi connectivity index (χ2v) is 7.98. The van der Waals surface area contributed by atoms with Gasteiger partial charge >= 0.3 is 0 Å². The minimum atomic E-state index is -0.684. The van der Waals surface area contributed by atoms with Gasteiger partial charge in [-0.05, 0) is 41.0 Å². The average Bonchev–Trinajstić information content (AvgIpc) is 3.10. The Kier molecular flexibility index (Phi) is 6.36. The van der Waals surface area contributed by atoms with Crippen molar-refractivity contribution in [1.82, 2.24) is 4.90 Å². The number of hydrogen-bond donors (Lipinski definition) is 1. The van der Waals surface area contributed by atoms with Gasteiger partial charge < -0.3 is 19.5 Å². The summed E-state index contributed by atoms with van der Waals surface area (Å²) in [6.07, 6.45) is 1.63. The van der Waals surface area contributed by atoms with E-state index in [2.05, 4.69) is 0 Å². The van der Waals surface area contributed by atoms with Gasteiger partial charge in [-0.2, -0.15) is 0 Å². The van der Waals surface area contributed by atoms with E-state index in [0.29, 0.717) is 23.6 Å². The minimum absolute atomic E-state index is 0.0830. The van der Waals surface area contributed by atoms with E-state index in [0.717, 1.165) is 29.2 Å². The van der Waals surface area contributed by atoms with Gasteiger partial charge in [0.15, 0.2) is 11.5 Å². The number of ketones is 1. The Morgan fingerprint density at radius 2 is 1.70 bits per heavy atom. The lowest BCUT2D eigenvalue weighted by Crippen LogP contribution is -2.30. The highest BCUT2D eigenvalue weighted by Gasteiger charge is 2.46. The molecule has 1 N–H and O–H groups in total. The first-order valence-electron chi connectivity index (χ1n) is 11.0. The molecule has 0 bridgehead atoms. The molecule has 3 aromatic carbocycles. The molecule has 1 aliphatic rings. The fourth-order valence-corrected chi connectivity index (χ4v) is 4.39. The first-order valence-corrected chi connectivity index (χ1v) is 11.0. The number of aliphatic hydroxyl groups is 1. The Bertz CT molecular complexity index is 1240. The number of amides is 1. The van der Waals surface area contributed by atoms with Crippen molar-refractivity contribution < 1.29 is 24.2 Å². The summed E-state index contributed by atoms with van der Waals surface area (Å²) in [7, 11) is 3.03. The van der Waals surface area contributed by atoms with Crippen LogP contribution in [0.3, 0.4) is 0 Å². The molecule has 0 aromatic heterocycles. The predicted octanol–water partition coefficient (Wildman–Crippen LogP) is 5.08. The summed E-state index contributed by atoms with van der Waals surface area (Å²) in [5.74, 6) is -0.586. The maximum absolute atomic E-state index is 13.2. The zero-order chi connectivity index (χ0) is 23.5. The van der Waals surface area contributed by atoms with Gasteiger partial charge in [-0.25, -0.2) is 0 Å². The van der Waals surface area contributed by atoms with E-state index < -0.39 is 17.7 Å². The number of unbranched alkanes of at least 4 members (excludes halogenated alkanes) is 1. The van der Waals surface area contributed by atoms with Crippen LogP contribution in [0.4, 0.5) is 0 Å². The summed E-state index contributed by atoms with van der Waals surface area (Å²) in [6.45, 7) is 2.46. The Labute approximate surface area is 193 Å². The standard InChI is InChI=1S/C27H27NO5/c1-4-5-15-28-24(20-12-8-10-17-9-6-7-11-19(17)20)23(26(30)27(28)31)25(29)18-13-14-21(32-2)22(16-18)33-3/h6-14,16,24,29H,4-5,15H2,1-3H3/b25-23-. The molecule has 0 radical (unpaired) electrons. The summed E-state index contributed by atoms with van der Waals surface area (Å²) in [6, 6.07) is 17.9. The molecule has 33 heavy (non-hydrogen) atoms. The van der Waals surface area contributed by atoms with E-state index in [9.17, 15) is 14.7 Å². The van der Waals surface area contributed by atoms with Crippen molar-refractivity contribution >= 4 is 28.2 Å². The molecule has 6 heteroatoms. The summed E-state index contributed by atoms with van der Waals surface area (Å²) in [4.78, 5) is 27.9. The molecule has 6 nitrogen and oxygen atoms in total. The van der Waals surface area contributed by atoms with E-state index >= 15 is 0 Å². The molecule has 4 rings (SSSR count). The molecule has 1 amide bonds. The van der Waals surface area contributed by atoms with Crippen LogP contribution in [-0.2, 0) is 9.59 Å². The van der Waals surface area contributed by atoms with Gasteiger partial charge in [-0.1, -0.05) is 55.8 Å². The number of benzene rings is 3. The fraction of sp³-hybridized carbons (Fsp3) is 0.259. The lowest BCUT2D eigenvalue weighted by Gasteiger charge is -2.26. The summed E-state index contributed by atoms with van der Waals surface area (Å²) in [5, 5.41) is 13.3. The predicted molar refractivity (Wildman–Crippen MR) is 127 cm³/mol. The molecule has 1 fully saturated rings. The number of methoxy groups -OCH3 is 2. The molecule has 3 aromatic rings. The normalized spacial score (nSPS) is 17.5. The first-order chi connectivity index (χ1) is 16.0. The van der Waals surface area contributed by atoms with E-state index in [-0.39, 0.29) is 11.3 Å². The van der Waals surface area contributed by atoms with Crippen molar-refractivity contribution in [3.05, 3.63) is 77.4 Å². The van der Waals surface area contributed by atoms with Crippen LogP contribution in [0, 0.1) is 0 Å². The van der Waals surface area contributed by atoms with Crippen LogP contribution in [0.2, 0.25) is 0 Å². The molecule has 0 spiro atoms. The molecule has 0 aliphatic carbocycles. The van der Waals surface area contributed by atoms with Crippen LogP contribution < -0.4 is 9.47 Å². The number of nitrogens with zero attached hydrogens (tertiary/aromatic N) is 1. The van der Waals surface area contributed by atoms with Crippen LogP contribution in [0.15, 0.2) is 66.2 Å². The number of carbonyl (C=O) groups is 2. The summed E-state index contributed by atoms with van der Waals surface area (Å²) < 4.78 is 10.6. The molecule has 0 saturated carbocycles. The van der Waals surface area contributed by atoms with Gasteiger partial charge in [0.05, 0.1) is 25.8 Å². The van der Waals surface area contributed by atoms with Crippen LogP contribution in [-0.4, -0.2) is 42.5 Å². The molecule has 1 atom stereocenters. The van der Waals surface area contributed by atoms with Crippen molar-refractivity contribution in [1.29, 1.82) is 0 Å². The van der Waals surface area contributed by atoms with Crippen LogP contribution in [0.25, 0.3) is 16.5 Å². The zero-order valence-corrected chi connectivity index (χ0v) is 19.0. The third-order valence-corrected chi connectivity index (χ3v) is 6.07. The van der Waals surface area contributed by atoms with Crippen LogP contribution >= 0.6 is 0 Å². The molecule has 1 unspecified atom stereocenters. The largest absolute Gasteiger partial charge is 0.507 e. The van der Waals surface area contributed by atoms with Gasteiger partial charge in [0, 0.05) is 12.1 Å². The Balaban J connectivity index is 1.94. The van der Waals surface area contributed by atoms with E-state index in [1.807, 2.05) is 49.4 Å². The molecular formula is C27H27NO5. The number of fused-ring (bicyclic) bond motifs is 1. The van der Waals surface area contributed by atoms with Crippen molar-refractivity contribution in [3.63, 3.8) is 0 Å². The molecule has 1 saturated heterocycles. The number of rotatable bonds is 7. The number of aliphatic hydroxyl groups excluding tert-OH is 1. The van der Waals surface area contributed by atoms with Crippen LogP contribution in [0.5, 0.6) is 11.5 Å². The van der Waals surface area contributed by atoms with Gasteiger partial charge in [0.25, 0.3) is 11.7 Å². The number of hydrogen-bond acceptors (Lipinski definition) is 5. The van der Waals surface area contributed by atoms with Crippen molar-refractivity contribution in [3.8, 4) is 11.5 Å². The average molecular weight is 446 g/mol. The number of ether oxygens (including phenoxy) is 2. The van der Waals surface area contributed by atoms with Gasteiger partial charge in [0.1, 0.15) is 5.76 Å². The number of carbonyl (C=O) groups excluding carboxylic acids is 2. The van der Waals surface area contributed by atoms with Crippen LogP contribution in [0.1, 0.15) is 36.9 Å². The third kappa shape index (κ3) is 3.93. The first kappa shape index (κ1) is 22.4. The second kappa shape index (κ2) is 9.36. The van der Waals surface area contributed by atoms with Crippen molar-refractivity contribution in [2.75, 3.05) is 20.8 Å².